The highest BCUT2D eigenvalue weighted by atomic mass is 79.9. The van der Waals surface area contributed by atoms with Crippen LogP contribution in [-0.4, -0.2) is 5.91 Å². The number of carbonyl (C=O) groups excluding carboxylic acids is 1. The van der Waals surface area contributed by atoms with Crippen LogP contribution in [0.5, 0.6) is 0 Å². The Labute approximate surface area is 131 Å². The van der Waals surface area contributed by atoms with Crippen molar-refractivity contribution in [2.75, 3.05) is 0 Å². The van der Waals surface area contributed by atoms with Crippen LogP contribution in [0.1, 0.15) is 15.9 Å². The zero-order valence-electron chi connectivity index (χ0n) is 10.1. The summed E-state index contributed by atoms with van der Waals surface area (Å²) in [6.45, 7) is 0.0547. The Morgan fingerprint density at radius 2 is 1.75 bits per heavy atom. The zero-order valence-corrected chi connectivity index (χ0v) is 13.3. The molecule has 0 aliphatic heterocycles. The van der Waals surface area contributed by atoms with Crippen LogP contribution in [-0.2, 0) is 6.54 Å². The Morgan fingerprint density at radius 3 is 2.45 bits per heavy atom. The third-order valence-corrected chi connectivity index (χ3v) is 3.73. The third kappa shape index (κ3) is 3.64. The van der Waals surface area contributed by atoms with Gasteiger partial charge in [0.1, 0.15) is 11.6 Å². The highest BCUT2D eigenvalue weighted by Gasteiger charge is 2.10. The van der Waals surface area contributed by atoms with E-state index in [1.165, 1.54) is 24.3 Å². The number of amides is 1. The van der Waals surface area contributed by atoms with E-state index in [0.29, 0.717) is 11.1 Å². The lowest BCUT2D eigenvalue weighted by atomic mass is 10.2. The van der Waals surface area contributed by atoms with Gasteiger partial charge in [0.2, 0.25) is 0 Å². The van der Waals surface area contributed by atoms with Crippen LogP contribution >= 0.6 is 31.9 Å². The van der Waals surface area contributed by atoms with Gasteiger partial charge in [-0.1, -0.05) is 15.9 Å². The van der Waals surface area contributed by atoms with Crippen molar-refractivity contribution in [1.29, 1.82) is 0 Å². The molecule has 20 heavy (non-hydrogen) atoms. The molecule has 104 valence electrons. The standard InChI is InChI=1S/C14H9Br2F2NO/c15-10-2-4-12(17)9(5-10)7-19-14(20)8-1-3-13(18)11(16)6-8/h1-6H,7H2,(H,19,20). The van der Waals surface area contributed by atoms with E-state index < -0.39 is 17.5 Å². The molecule has 6 heteroatoms. The highest BCUT2D eigenvalue weighted by Crippen LogP contribution is 2.18. The minimum absolute atomic E-state index is 0.0547. The van der Waals surface area contributed by atoms with Crippen LogP contribution in [0.3, 0.4) is 0 Å². The lowest BCUT2D eigenvalue weighted by Gasteiger charge is -2.07. The van der Waals surface area contributed by atoms with Crippen molar-refractivity contribution in [3.05, 3.63) is 68.1 Å². The van der Waals surface area contributed by atoms with E-state index in [4.69, 9.17) is 0 Å². The number of carbonyl (C=O) groups is 1. The molecule has 1 amide bonds. The normalized spacial score (nSPS) is 10.4. The van der Waals surface area contributed by atoms with Crippen molar-refractivity contribution in [1.82, 2.24) is 5.32 Å². The van der Waals surface area contributed by atoms with Crippen LogP contribution in [0.25, 0.3) is 0 Å². The third-order valence-electron chi connectivity index (χ3n) is 2.63. The Balaban J connectivity index is 2.08. The monoisotopic (exact) mass is 403 g/mol. The Bertz CT molecular complexity index is 662. The fourth-order valence-electron chi connectivity index (χ4n) is 1.59. The molecule has 0 heterocycles. The van der Waals surface area contributed by atoms with Gasteiger partial charge in [-0.2, -0.15) is 0 Å². The van der Waals surface area contributed by atoms with Crippen molar-refractivity contribution >= 4 is 37.8 Å². The van der Waals surface area contributed by atoms with Crippen LogP contribution in [0.4, 0.5) is 8.78 Å². The summed E-state index contributed by atoms with van der Waals surface area (Å²) in [5, 5.41) is 2.59. The molecule has 0 aliphatic rings. The predicted octanol–water partition coefficient (Wildman–Crippen LogP) is 4.42. The molecule has 2 rings (SSSR count). The summed E-state index contributed by atoms with van der Waals surface area (Å²) in [6.07, 6.45) is 0. The van der Waals surface area contributed by atoms with Gasteiger partial charge in [-0.05, 0) is 52.3 Å². The second-order valence-corrected chi connectivity index (χ2v) is 5.82. The van der Waals surface area contributed by atoms with E-state index in [-0.39, 0.29) is 11.0 Å². The first kappa shape index (κ1) is 15.1. The van der Waals surface area contributed by atoms with Gasteiger partial charge in [0.25, 0.3) is 5.91 Å². The summed E-state index contributed by atoms with van der Waals surface area (Å²) >= 11 is 6.25. The molecule has 2 aromatic rings. The Hall–Kier alpha value is -1.27. The fourth-order valence-corrected chi connectivity index (χ4v) is 2.38. The maximum absolute atomic E-state index is 13.5. The van der Waals surface area contributed by atoms with E-state index in [9.17, 15) is 13.6 Å². The molecule has 0 aliphatic carbocycles. The average Bonchev–Trinajstić information content (AvgIpc) is 2.42. The van der Waals surface area contributed by atoms with Crippen LogP contribution in [0.15, 0.2) is 45.3 Å². The molecule has 2 aromatic carbocycles. The molecule has 0 unspecified atom stereocenters. The van der Waals surface area contributed by atoms with E-state index in [2.05, 4.69) is 37.2 Å². The van der Waals surface area contributed by atoms with Crippen LogP contribution in [0, 0.1) is 11.6 Å². The van der Waals surface area contributed by atoms with Gasteiger partial charge in [0, 0.05) is 22.1 Å². The van der Waals surface area contributed by atoms with Crippen molar-refractivity contribution in [3.63, 3.8) is 0 Å². The molecular weight excluding hydrogens is 396 g/mol. The molecule has 0 atom stereocenters. The number of benzene rings is 2. The zero-order chi connectivity index (χ0) is 14.7. The summed E-state index contributed by atoms with van der Waals surface area (Å²) < 4.78 is 27.5. The fraction of sp³-hybridized carbons (Fsp3) is 0.0714. The molecule has 0 radical (unpaired) electrons. The quantitative estimate of drug-likeness (QED) is 0.805. The largest absolute Gasteiger partial charge is 0.348 e. The first-order valence-corrected chi connectivity index (χ1v) is 7.23. The van der Waals surface area contributed by atoms with Gasteiger partial charge in [0.05, 0.1) is 4.47 Å². The van der Waals surface area contributed by atoms with Crippen molar-refractivity contribution in [2.45, 2.75) is 6.54 Å². The summed E-state index contributed by atoms with van der Waals surface area (Å²) in [4.78, 5) is 11.9. The van der Waals surface area contributed by atoms with E-state index >= 15 is 0 Å². The number of nitrogens with one attached hydrogen (secondary N) is 1. The maximum Gasteiger partial charge on any atom is 0.251 e. The molecule has 0 fully saturated rings. The van der Waals surface area contributed by atoms with Crippen LogP contribution < -0.4 is 5.32 Å². The highest BCUT2D eigenvalue weighted by molar-refractivity contribution is 9.10. The molecule has 0 spiro atoms. The van der Waals surface area contributed by atoms with Crippen molar-refractivity contribution in [2.24, 2.45) is 0 Å². The van der Waals surface area contributed by atoms with Gasteiger partial charge < -0.3 is 5.32 Å². The predicted molar refractivity (Wildman–Crippen MR) is 79.4 cm³/mol. The van der Waals surface area contributed by atoms with Gasteiger partial charge in [0.15, 0.2) is 0 Å². The minimum Gasteiger partial charge on any atom is -0.348 e. The summed E-state index contributed by atoms with van der Waals surface area (Å²) in [5.74, 6) is -1.24. The molecule has 2 nitrogen and oxygen atoms in total. The number of hydrogen-bond donors (Lipinski definition) is 1. The molecule has 1 N–H and O–H groups in total. The molecular formula is C14H9Br2F2NO. The number of halogens is 4. The van der Waals surface area contributed by atoms with Gasteiger partial charge in [-0.25, -0.2) is 8.78 Å². The van der Waals surface area contributed by atoms with Crippen LogP contribution in [0.2, 0.25) is 0 Å². The molecule has 0 aromatic heterocycles. The van der Waals surface area contributed by atoms with Gasteiger partial charge in [-0.3, -0.25) is 4.79 Å². The molecule has 0 saturated carbocycles. The average molecular weight is 405 g/mol. The minimum atomic E-state index is -0.445. The van der Waals surface area contributed by atoms with Crippen molar-refractivity contribution in [3.8, 4) is 0 Å². The smallest absolute Gasteiger partial charge is 0.251 e. The topological polar surface area (TPSA) is 29.1 Å². The number of rotatable bonds is 3. The van der Waals surface area contributed by atoms with E-state index in [1.807, 2.05) is 0 Å². The summed E-state index contributed by atoms with van der Waals surface area (Å²) in [6, 6.07) is 8.43. The first-order chi connectivity index (χ1) is 9.47. The Kier molecular flexibility index (Phi) is 4.88. The van der Waals surface area contributed by atoms with E-state index in [0.717, 1.165) is 4.47 Å². The van der Waals surface area contributed by atoms with Gasteiger partial charge in [-0.15, -0.1) is 0 Å². The second kappa shape index (κ2) is 6.45. The SMILES string of the molecule is O=C(NCc1cc(Br)ccc1F)c1ccc(F)c(Br)c1. The summed E-state index contributed by atoms with van der Waals surface area (Å²) in [7, 11) is 0. The maximum atomic E-state index is 13.5. The molecule has 0 saturated heterocycles. The molecule has 0 bridgehead atoms. The number of hydrogen-bond acceptors (Lipinski definition) is 1. The lowest BCUT2D eigenvalue weighted by Crippen LogP contribution is -2.23. The van der Waals surface area contributed by atoms with E-state index in [1.54, 1.807) is 12.1 Å². The Morgan fingerprint density at radius 1 is 1.05 bits per heavy atom. The van der Waals surface area contributed by atoms with Gasteiger partial charge >= 0.3 is 0 Å². The first-order valence-electron chi connectivity index (χ1n) is 5.64. The second-order valence-electron chi connectivity index (χ2n) is 4.05. The lowest BCUT2D eigenvalue weighted by molar-refractivity contribution is 0.0950. The summed E-state index contributed by atoms with van der Waals surface area (Å²) in [5.41, 5.74) is 0.669. The van der Waals surface area contributed by atoms with Crippen molar-refractivity contribution < 1.29 is 13.6 Å².